The molecule has 20 heavy (non-hydrogen) atoms. The molecule has 0 aliphatic rings. The molecule has 6 heteroatoms. The van der Waals surface area contributed by atoms with Crippen LogP contribution in [0.3, 0.4) is 0 Å². The van der Waals surface area contributed by atoms with Crippen molar-refractivity contribution in [2.24, 2.45) is 10.9 Å². The van der Waals surface area contributed by atoms with Gasteiger partial charge in [0.25, 0.3) is 0 Å². The SMILES string of the molecule is CCCN(CC)c1nnc(CC)c(CC)c1C(N)=NO. The molecule has 6 nitrogen and oxygen atoms in total. The van der Waals surface area contributed by atoms with E-state index in [4.69, 9.17) is 10.9 Å². The van der Waals surface area contributed by atoms with E-state index >= 15 is 0 Å². The number of amidine groups is 1. The lowest BCUT2D eigenvalue weighted by Crippen LogP contribution is -2.30. The summed E-state index contributed by atoms with van der Waals surface area (Å²) in [5, 5.41) is 20.9. The van der Waals surface area contributed by atoms with Gasteiger partial charge in [-0.3, -0.25) is 0 Å². The molecule has 0 fully saturated rings. The first-order valence-electron chi connectivity index (χ1n) is 7.25. The Balaban J connectivity index is 3.51. The van der Waals surface area contributed by atoms with Crippen molar-refractivity contribution in [3.8, 4) is 0 Å². The van der Waals surface area contributed by atoms with Gasteiger partial charge in [-0.2, -0.15) is 5.10 Å². The largest absolute Gasteiger partial charge is 0.409 e. The van der Waals surface area contributed by atoms with Gasteiger partial charge in [-0.15, -0.1) is 5.10 Å². The van der Waals surface area contributed by atoms with E-state index in [1.807, 2.05) is 13.8 Å². The second-order valence-corrected chi connectivity index (χ2v) is 4.60. The van der Waals surface area contributed by atoms with Crippen molar-refractivity contribution in [1.82, 2.24) is 10.2 Å². The highest BCUT2D eigenvalue weighted by atomic mass is 16.4. The van der Waals surface area contributed by atoms with Crippen molar-refractivity contribution < 1.29 is 5.21 Å². The monoisotopic (exact) mass is 279 g/mol. The van der Waals surface area contributed by atoms with E-state index in [-0.39, 0.29) is 5.84 Å². The molecule has 1 aromatic rings. The molecule has 0 bridgehead atoms. The minimum Gasteiger partial charge on any atom is -0.409 e. The first kappa shape index (κ1) is 16.2. The number of anilines is 1. The second kappa shape index (κ2) is 7.67. The van der Waals surface area contributed by atoms with E-state index in [1.165, 1.54) is 0 Å². The zero-order chi connectivity index (χ0) is 15.1. The highest BCUT2D eigenvalue weighted by molar-refractivity contribution is 6.03. The number of hydrogen-bond donors (Lipinski definition) is 2. The lowest BCUT2D eigenvalue weighted by molar-refractivity contribution is 0.318. The van der Waals surface area contributed by atoms with E-state index in [0.717, 1.165) is 49.2 Å². The molecule has 1 rings (SSSR count). The number of aryl methyl sites for hydroxylation is 1. The van der Waals surface area contributed by atoms with Crippen molar-refractivity contribution in [3.05, 3.63) is 16.8 Å². The Bertz CT molecular complexity index is 473. The van der Waals surface area contributed by atoms with Gasteiger partial charge in [0.1, 0.15) is 0 Å². The molecule has 0 aliphatic carbocycles. The first-order chi connectivity index (χ1) is 9.64. The maximum atomic E-state index is 9.08. The molecule has 0 radical (unpaired) electrons. The van der Waals surface area contributed by atoms with Crippen molar-refractivity contribution in [3.63, 3.8) is 0 Å². The van der Waals surface area contributed by atoms with Gasteiger partial charge >= 0.3 is 0 Å². The molecule has 0 amide bonds. The zero-order valence-corrected chi connectivity index (χ0v) is 12.8. The van der Waals surface area contributed by atoms with Crippen LogP contribution in [-0.4, -0.2) is 34.3 Å². The number of aromatic nitrogens is 2. The summed E-state index contributed by atoms with van der Waals surface area (Å²) in [5.41, 5.74) is 8.53. The van der Waals surface area contributed by atoms with Gasteiger partial charge in [0.05, 0.1) is 11.3 Å². The Morgan fingerprint density at radius 2 is 1.90 bits per heavy atom. The average molecular weight is 279 g/mol. The summed E-state index contributed by atoms with van der Waals surface area (Å²) in [6, 6.07) is 0. The smallest absolute Gasteiger partial charge is 0.174 e. The van der Waals surface area contributed by atoms with Crippen molar-refractivity contribution in [2.45, 2.75) is 47.0 Å². The van der Waals surface area contributed by atoms with Gasteiger partial charge in [-0.25, -0.2) is 0 Å². The summed E-state index contributed by atoms with van der Waals surface area (Å²) in [6.45, 7) is 9.92. The zero-order valence-electron chi connectivity index (χ0n) is 12.8. The molecule has 0 atom stereocenters. The van der Waals surface area contributed by atoms with E-state index in [2.05, 4.69) is 34.1 Å². The molecule has 3 N–H and O–H groups in total. The van der Waals surface area contributed by atoms with Gasteiger partial charge in [0, 0.05) is 13.1 Å². The molecule has 0 saturated carbocycles. The van der Waals surface area contributed by atoms with Crippen LogP contribution >= 0.6 is 0 Å². The Labute approximate surface area is 120 Å². The van der Waals surface area contributed by atoms with Crippen LogP contribution in [0.25, 0.3) is 0 Å². The van der Waals surface area contributed by atoms with Gasteiger partial charge in [-0.05, 0) is 31.7 Å². The fraction of sp³-hybridized carbons (Fsp3) is 0.643. The molecule has 1 aromatic heterocycles. The van der Waals surface area contributed by atoms with Crippen LogP contribution < -0.4 is 10.6 Å². The summed E-state index contributed by atoms with van der Waals surface area (Å²) in [6.07, 6.45) is 2.56. The maximum Gasteiger partial charge on any atom is 0.174 e. The Morgan fingerprint density at radius 1 is 1.20 bits per heavy atom. The van der Waals surface area contributed by atoms with Gasteiger partial charge in [0.15, 0.2) is 11.7 Å². The maximum absolute atomic E-state index is 9.08. The molecule has 0 aliphatic heterocycles. The van der Waals surface area contributed by atoms with Crippen molar-refractivity contribution >= 4 is 11.7 Å². The third-order valence-electron chi connectivity index (χ3n) is 3.37. The third kappa shape index (κ3) is 3.18. The molecule has 112 valence electrons. The molecule has 0 saturated heterocycles. The summed E-state index contributed by atoms with van der Waals surface area (Å²) in [7, 11) is 0. The molecule has 0 spiro atoms. The highest BCUT2D eigenvalue weighted by Crippen LogP contribution is 2.24. The molecular weight excluding hydrogens is 254 g/mol. The van der Waals surface area contributed by atoms with Crippen LogP contribution in [-0.2, 0) is 12.8 Å². The third-order valence-corrected chi connectivity index (χ3v) is 3.37. The Morgan fingerprint density at radius 3 is 2.35 bits per heavy atom. The summed E-state index contributed by atoms with van der Waals surface area (Å²) < 4.78 is 0. The van der Waals surface area contributed by atoms with Crippen LogP contribution in [0.5, 0.6) is 0 Å². The Hall–Kier alpha value is -1.85. The second-order valence-electron chi connectivity index (χ2n) is 4.60. The summed E-state index contributed by atoms with van der Waals surface area (Å²) in [5.74, 6) is 0.815. The van der Waals surface area contributed by atoms with Gasteiger partial charge in [0.2, 0.25) is 0 Å². The summed E-state index contributed by atoms with van der Waals surface area (Å²) in [4.78, 5) is 2.11. The molecule has 0 unspecified atom stereocenters. The van der Waals surface area contributed by atoms with Gasteiger partial charge < -0.3 is 15.8 Å². The van der Waals surface area contributed by atoms with Crippen LogP contribution in [0.4, 0.5) is 5.82 Å². The van der Waals surface area contributed by atoms with Crippen LogP contribution in [0, 0.1) is 0 Å². The highest BCUT2D eigenvalue weighted by Gasteiger charge is 2.21. The number of oxime groups is 1. The summed E-state index contributed by atoms with van der Waals surface area (Å²) >= 11 is 0. The quantitative estimate of drug-likeness (QED) is 0.344. The predicted octanol–water partition coefficient (Wildman–Crippen LogP) is 1.93. The van der Waals surface area contributed by atoms with Crippen molar-refractivity contribution in [2.75, 3.05) is 18.0 Å². The minimum atomic E-state index is 0.107. The molecule has 1 heterocycles. The number of rotatable bonds is 7. The standard InChI is InChI=1S/C14H25N5O/c1-5-9-19(8-4)14-12(13(15)18-20)10(6-2)11(7-3)16-17-14/h20H,5-9H2,1-4H3,(H2,15,18). The van der Waals surface area contributed by atoms with E-state index < -0.39 is 0 Å². The average Bonchev–Trinajstić information content (AvgIpc) is 2.50. The number of hydrogen-bond acceptors (Lipinski definition) is 5. The first-order valence-corrected chi connectivity index (χ1v) is 7.25. The van der Waals surface area contributed by atoms with E-state index in [1.54, 1.807) is 0 Å². The minimum absolute atomic E-state index is 0.107. The fourth-order valence-corrected chi connectivity index (χ4v) is 2.39. The fourth-order valence-electron chi connectivity index (χ4n) is 2.39. The van der Waals surface area contributed by atoms with Crippen LogP contribution in [0.1, 0.15) is 50.9 Å². The number of nitrogens with zero attached hydrogens (tertiary/aromatic N) is 4. The van der Waals surface area contributed by atoms with Crippen LogP contribution in [0.15, 0.2) is 5.16 Å². The normalized spacial score (nSPS) is 11.7. The lowest BCUT2D eigenvalue weighted by Gasteiger charge is -2.25. The van der Waals surface area contributed by atoms with Gasteiger partial charge in [-0.1, -0.05) is 25.9 Å². The predicted molar refractivity (Wildman–Crippen MR) is 81.5 cm³/mol. The Kier molecular flexibility index (Phi) is 6.21. The van der Waals surface area contributed by atoms with E-state index in [9.17, 15) is 0 Å². The lowest BCUT2D eigenvalue weighted by atomic mass is 10.0. The molecular formula is C14H25N5O. The van der Waals surface area contributed by atoms with Crippen molar-refractivity contribution in [1.29, 1.82) is 0 Å². The van der Waals surface area contributed by atoms with Crippen LogP contribution in [0.2, 0.25) is 0 Å². The number of nitrogens with two attached hydrogens (primary N) is 1. The molecule has 0 aromatic carbocycles. The van der Waals surface area contributed by atoms with E-state index in [0.29, 0.717) is 5.82 Å². The topological polar surface area (TPSA) is 87.6 Å².